The minimum absolute atomic E-state index is 0.00383. The van der Waals surface area contributed by atoms with Crippen LogP contribution in [0.1, 0.15) is 23.2 Å². The second kappa shape index (κ2) is 9.41. The van der Waals surface area contributed by atoms with Crippen molar-refractivity contribution in [1.82, 2.24) is 0 Å². The molecule has 1 atom stereocenters. The lowest BCUT2D eigenvalue weighted by Gasteiger charge is -2.15. The second-order valence-electron chi connectivity index (χ2n) is 4.63. The summed E-state index contributed by atoms with van der Waals surface area (Å²) < 4.78 is 5.03. The van der Waals surface area contributed by atoms with Crippen LogP contribution in [0.4, 0.5) is 0 Å². The summed E-state index contributed by atoms with van der Waals surface area (Å²) >= 11 is 1.60. The van der Waals surface area contributed by atoms with Gasteiger partial charge in [0.1, 0.15) is 11.8 Å². The Morgan fingerprint density at radius 1 is 1.33 bits per heavy atom. The van der Waals surface area contributed by atoms with Crippen molar-refractivity contribution in [3.63, 3.8) is 0 Å². The first-order valence-electron chi connectivity index (χ1n) is 6.79. The molecule has 0 saturated carbocycles. The highest BCUT2D eigenvalue weighted by atomic mass is 32.2. The molecule has 0 fully saturated rings. The maximum atomic E-state index is 12.0. The molecule has 1 aromatic rings. The second-order valence-corrected chi connectivity index (χ2v) is 5.62. The van der Waals surface area contributed by atoms with Gasteiger partial charge in [-0.25, -0.2) is 0 Å². The fourth-order valence-corrected chi connectivity index (χ4v) is 2.40. The van der Waals surface area contributed by atoms with Crippen molar-refractivity contribution in [2.24, 2.45) is 0 Å². The van der Waals surface area contributed by atoms with Gasteiger partial charge < -0.3 is 20.0 Å². The Kier molecular flexibility index (Phi) is 7.85. The Morgan fingerprint density at radius 3 is 2.52 bits per heavy atom. The van der Waals surface area contributed by atoms with Gasteiger partial charge in [-0.1, -0.05) is 0 Å². The standard InChI is InChI=1S/C15H21NO4S/c1-20-12-5-3-11(4-6-12)14(17)7-9-16-13(15(18)19)8-10-21-2/h3-6,13,16H,7-10H2,1-2H3,(H,18,19). The summed E-state index contributed by atoms with van der Waals surface area (Å²) in [6.07, 6.45) is 2.77. The summed E-state index contributed by atoms with van der Waals surface area (Å²) in [4.78, 5) is 23.0. The average molecular weight is 311 g/mol. The monoisotopic (exact) mass is 311 g/mol. The molecule has 0 bridgehead atoms. The lowest BCUT2D eigenvalue weighted by atomic mass is 10.1. The number of thioether (sulfide) groups is 1. The zero-order chi connectivity index (χ0) is 15.7. The number of carboxylic acids is 1. The molecule has 0 aliphatic rings. The first-order valence-corrected chi connectivity index (χ1v) is 8.18. The predicted octanol–water partition coefficient (Wildman–Crippen LogP) is -0.297. The molecule has 1 unspecified atom stereocenters. The van der Waals surface area contributed by atoms with E-state index in [2.05, 4.69) is 0 Å². The minimum atomic E-state index is -1.07. The number of Topliss-reactive ketones (excluding diaryl/α,β-unsaturated/α-hetero) is 1. The highest BCUT2D eigenvalue weighted by Crippen LogP contribution is 2.12. The van der Waals surface area contributed by atoms with Crippen LogP contribution in [0.25, 0.3) is 0 Å². The van der Waals surface area contributed by atoms with Crippen molar-refractivity contribution in [1.29, 1.82) is 0 Å². The molecule has 0 spiro atoms. The number of aliphatic carboxylic acids is 1. The van der Waals surface area contributed by atoms with Gasteiger partial charge in [0.15, 0.2) is 5.78 Å². The van der Waals surface area contributed by atoms with Crippen molar-refractivity contribution in [3.8, 4) is 5.75 Å². The van der Waals surface area contributed by atoms with E-state index in [1.54, 1.807) is 48.5 Å². The fourth-order valence-electron chi connectivity index (χ4n) is 1.91. The number of carbonyl (C=O) groups is 2. The van der Waals surface area contributed by atoms with Crippen LogP contribution in [0, 0.1) is 0 Å². The van der Waals surface area contributed by atoms with E-state index in [4.69, 9.17) is 4.74 Å². The van der Waals surface area contributed by atoms with Crippen molar-refractivity contribution in [2.45, 2.75) is 18.9 Å². The van der Waals surface area contributed by atoms with E-state index in [1.165, 1.54) is 0 Å². The number of ketones is 1. The lowest BCUT2D eigenvalue weighted by Crippen LogP contribution is -2.93. The number of rotatable bonds is 10. The number of carbonyl (C=O) groups excluding carboxylic acids is 2. The molecule has 0 aliphatic carbocycles. The molecule has 0 aromatic heterocycles. The highest BCUT2D eigenvalue weighted by molar-refractivity contribution is 7.98. The van der Waals surface area contributed by atoms with Gasteiger partial charge in [-0.2, -0.15) is 11.8 Å². The summed E-state index contributed by atoms with van der Waals surface area (Å²) in [6, 6.07) is 6.32. The molecule has 0 saturated heterocycles. The molecule has 0 aliphatic heterocycles. The van der Waals surface area contributed by atoms with E-state index in [0.29, 0.717) is 30.7 Å². The van der Waals surface area contributed by atoms with Crippen LogP contribution in [0.5, 0.6) is 5.75 Å². The Balaban J connectivity index is 2.42. The molecule has 116 valence electrons. The van der Waals surface area contributed by atoms with Crippen molar-refractivity contribution in [3.05, 3.63) is 29.8 Å². The van der Waals surface area contributed by atoms with E-state index in [0.717, 1.165) is 5.75 Å². The van der Waals surface area contributed by atoms with Crippen LogP contribution in [0.15, 0.2) is 24.3 Å². The number of carboxylic acid groups (broad SMARTS) is 1. The lowest BCUT2D eigenvalue weighted by molar-refractivity contribution is -0.682. The Labute approximate surface area is 129 Å². The van der Waals surface area contributed by atoms with Crippen LogP contribution in [-0.4, -0.2) is 43.5 Å². The number of ether oxygens (including phenoxy) is 1. The number of benzene rings is 1. The van der Waals surface area contributed by atoms with Crippen LogP contribution in [0.3, 0.4) is 0 Å². The fraction of sp³-hybridized carbons (Fsp3) is 0.467. The summed E-state index contributed by atoms with van der Waals surface area (Å²) in [6.45, 7) is 0.442. The highest BCUT2D eigenvalue weighted by Gasteiger charge is 2.14. The van der Waals surface area contributed by atoms with Gasteiger partial charge >= 0.3 is 0 Å². The Morgan fingerprint density at radius 2 is 2.00 bits per heavy atom. The number of hydrogen-bond donors (Lipinski definition) is 1. The SMILES string of the molecule is COc1ccc(C(=O)CC[NH2+]C(CCSC)C(=O)[O-])cc1. The topological polar surface area (TPSA) is 83.0 Å². The molecule has 2 N–H and O–H groups in total. The summed E-state index contributed by atoms with van der Waals surface area (Å²) in [5, 5.41) is 12.6. The first-order chi connectivity index (χ1) is 10.1. The average Bonchev–Trinajstić information content (AvgIpc) is 2.50. The van der Waals surface area contributed by atoms with Gasteiger partial charge in [-0.3, -0.25) is 4.79 Å². The van der Waals surface area contributed by atoms with Gasteiger partial charge in [0.2, 0.25) is 0 Å². The number of quaternary nitrogens is 1. The third-order valence-corrected chi connectivity index (χ3v) is 3.81. The van der Waals surface area contributed by atoms with Gasteiger partial charge in [0.25, 0.3) is 0 Å². The predicted molar refractivity (Wildman–Crippen MR) is 80.5 cm³/mol. The molecule has 1 rings (SSSR count). The van der Waals surface area contributed by atoms with Gasteiger partial charge in [0, 0.05) is 12.0 Å². The van der Waals surface area contributed by atoms with E-state index in [-0.39, 0.29) is 5.78 Å². The Bertz CT molecular complexity index is 461. The third kappa shape index (κ3) is 6.18. The summed E-state index contributed by atoms with van der Waals surface area (Å²) in [5.74, 6) is 0.394. The molecule has 0 amide bonds. The van der Waals surface area contributed by atoms with E-state index < -0.39 is 12.0 Å². The molecule has 21 heavy (non-hydrogen) atoms. The van der Waals surface area contributed by atoms with Gasteiger partial charge in [0.05, 0.1) is 26.0 Å². The maximum absolute atomic E-state index is 12.0. The van der Waals surface area contributed by atoms with Gasteiger partial charge in [-0.15, -0.1) is 0 Å². The third-order valence-electron chi connectivity index (χ3n) is 3.17. The summed E-state index contributed by atoms with van der Waals surface area (Å²) in [7, 11) is 1.57. The zero-order valence-corrected chi connectivity index (χ0v) is 13.2. The van der Waals surface area contributed by atoms with E-state index >= 15 is 0 Å². The largest absolute Gasteiger partial charge is 0.544 e. The number of nitrogens with two attached hydrogens (primary N) is 1. The normalized spacial score (nSPS) is 11.9. The van der Waals surface area contributed by atoms with Crippen LogP contribution in [0.2, 0.25) is 0 Å². The molecule has 6 heteroatoms. The smallest absolute Gasteiger partial charge is 0.168 e. The zero-order valence-electron chi connectivity index (χ0n) is 12.3. The van der Waals surface area contributed by atoms with Crippen molar-refractivity contribution in [2.75, 3.05) is 25.7 Å². The van der Waals surface area contributed by atoms with Crippen LogP contribution in [-0.2, 0) is 4.79 Å². The van der Waals surface area contributed by atoms with E-state index in [1.807, 2.05) is 6.26 Å². The maximum Gasteiger partial charge on any atom is 0.168 e. The minimum Gasteiger partial charge on any atom is -0.544 e. The molecular weight excluding hydrogens is 290 g/mol. The molecule has 5 nitrogen and oxygen atoms in total. The molecular formula is C15H21NO4S. The van der Waals surface area contributed by atoms with E-state index in [9.17, 15) is 14.7 Å². The number of methoxy groups -OCH3 is 1. The van der Waals surface area contributed by atoms with Gasteiger partial charge in [-0.05, 0) is 36.3 Å². The van der Waals surface area contributed by atoms with Crippen LogP contribution >= 0.6 is 11.8 Å². The molecule has 1 aromatic carbocycles. The first kappa shape index (κ1) is 17.5. The quantitative estimate of drug-likeness (QED) is 0.600. The van der Waals surface area contributed by atoms with Crippen molar-refractivity contribution < 1.29 is 24.7 Å². The molecule has 0 radical (unpaired) electrons. The summed E-state index contributed by atoms with van der Waals surface area (Å²) in [5.41, 5.74) is 0.610. The Hall–Kier alpha value is -1.53. The van der Waals surface area contributed by atoms with Crippen LogP contribution < -0.4 is 15.2 Å². The molecule has 0 heterocycles. The number of hydrogen-bond acceptors (Lipinski definition) is 5. The van der Waals surface area contributed by atoms with Crippen molar-refractivity contribution >= 4 is 23.5 Å².